The van der Waals surface area contributed by atoms with Gasteiger partial charge < -0.3 is 4.43 Å². The van der Waals surface area contributed by atoms with Crippen LogP contribution in [0, 0.1) is 0 Å². The number of hydrogen-bond acceptors (Lipinski definition) is 2. The summed E-state index contributed by atoms with van der Waals surface area (Å²) < 4.78 is 5.68. The maximum atomic E-state index is 5.68. The van der Waals surface area contributed by atoms with Gasteiger partial charge in [0.2, 0.25) is 8.19 Å². The Bertz CT molecular complexity index is 90.1. The quantitative estimate of drug-likeness (QED) is 0.515. The Balaban J connectivity index is 3.47. The van der Waals surface area contributed by atoms with Crippen molar-refractivity contribution in [2.24, 2.45) is 0 Å². The number of thiol groups is 1. The molecular weight excluding hydrogens is 160 g/mol. The predicted molar refractivity (Wildman–Crippen MR) is 52.1 cm³/mol. The van der Waals surface area contributed by atoms with Gasteiger partial charge in [-0.2, -0.15) is 12.1 Å². The molecular formula is C7H18OSSi. The first-order valence-electron chi connectivity index (χ1n) is 3.81. The Kier molecular flexibility index (Phi) is 4.65. The van der Waals surface area contributed by atoms with Crippen molar-refractivity contribution < 1.29 is 4.43 Å². The van der Waals surface area contributed by atoms with Crippen LogP contribution in [0.1, 0.15) is 34.1 Å². The minimum Gasteiger partial charge on any atom is -0.405 e. The van der Waals surface area contributed by atoms with Crippen LogP contribution in [0.2, 0.25) is 6.04 Å². The van der Waals surface area contributed by atoms with Crippen LogP contribution in [-0.2, 0) is 4.43 Å². The van der Waals surface area contributed by atoms with E-state index in [0.717, 1.165) is 0 Å². The van der Waals surface area contributed by atoms with Crippen molar-refractivity contribution in [3.63, 3.8) is 0 Å². The molecule has 0 amide bonds. The highest BCUT2D eigenvalue weighted by molar-refractivity contribution is 8.09. The highest BCUT2D eigenvalue weighted by atomic mass is 32.3. The van der Waals surface area contributed by atoms with Crippen molar-refractivity contribution in [2.75, 3.05) is 0 Å². The molecule has 1 nitrogen and oxygen atoms in total. The van der Waals surface area contributed by atoms with E-state index < -0.39 is 8.19 Å². The lowest BCUT2D eigenvalue weighted by atomic mass is 10.2. The molecule has 0 aromatic carbocycles. The van der Waals surface area contributed by atoms with Gasteiger partial charge in [0.25, 0.3) is 0 Å². The van der Waals surface area contributed by atoms with E-state index in [-0.39, 0.29) is 5.60 Å². The number of hydrogen-bond donors (Lipinski definition) is 1. The third-order valence-electron chi connectivity index (χ3n) is 1.03. The van der Waals surface area contributed by atoms with Gasteiger partial charge in [-0.3, -0.25) is 0 Å². The molecule has 3 heteroatoms. The molecule has 0 saturated carbocycles. The smallest absolute Gasteiger partial charge is 0.235 e. The van der Waals surface area contributed by atoms with Gasteiger partial charge in [0.1, 0.15) is 0 Å². The summed E-state index contributed by atoms with van der Waals surface area (Å²) in [5.41, 5.74) is 0.00775. The maximum Gasteiger partial charge on any atom is 0.235 e. The molecule has 0 bridgehead atoms. The van der Waals surface area contributed by atoms with Crippen LogP contribution in [0.5, 0.6) is 0 Å². The van der Waals surface area contributed by atoms with Crippen molar-refractivity contribution in [3.05, 3.63) is 0 Å². The molecule has 0 saturated heterocycles. The summed E-state index contributed by atoms with van der Waals surface area (Å²) in [6.07, 6.45) is 1.19. The molecule has 1 unspecified atom stereocenters. The van der Waals surface area contributed by atoms with E-state index >= 15 is 0 Å². The zero-order valence-corrected chi connectivity index (χ0v) is 9.40. The highest BCUT2D eigenvalue weighted by Crippen LogP contribution is 2.13. The Hall–Kier alpha value is 0.527. The normalized spacial score (nSPS) is 15.3. The van der Waals surface area contributed by atoms with E-state index in [1.807, 2.05) is 0 Å². The van der Waals surface area contributed by atoms with Gasteiger partial charge in [0.05, 0.1) is 0 Å². The summed E-state index contributed by atoms with van der Waals surface area (Å²) >= 11 is 4.42. The molecule has 0 radical (unpaired) electrons. The predicted octanol–water partition coefficient (Wildman–Crippen LogP) is 2.36. The summed E-state index contributed by atoms with van der Waals surface area (Å²) in [7, 11) is -1.13. The molecule has 0 heterocycles. The third-order valence-corrected chi connectivity index (χ3v) is 4.17. The zero-order valence-electron chi connectivity index (χ0n) is 7.35. The van der Waals surface area contributed by atoms with Gasteiger partial charge in [-0.05, 0) is 26.8 Å². The van der Waals surface area contributed by atoms with Gasteiger partial charge in [-0.25, -0.2) is 0 Å². The van der Waals surface area contributed by atoms with Crippen LogP contribution >= 0.6 is 12.1 Å². The Morgan fingerprint density at radius 2 is 1.90 bits per heavy atom. The zero-order chi connectivity index (χ0) is 8.20. The largest absolute Gasteiger partial charge is 0.405 e. The van der Waals surface area contributed by atoms with E-state index in [1.54, 1.807) is 0 Å². The van der Waals surface area contributed by atoms with E-state index in [2.05, 4.69) is 39.8 Å². The monoisotopic (exact) mass is 178 g/mol. The van der Waals surface area contributed by atoms with Crippen molar-refractivity contribution in [2.45, 2.75) is 45.8 Å². The molecule has 0 aliphatic heterocycles. The molecule has 0 N–H and O–H groups in total. The Morgan fingerprint density at radius 3 is 2.20 bits per heavy atom. The maximum absolute atomic E-state index is 5.68. The first-order valence-corrected chi connectivity index (χ1v) is 7.17. The van der Waals surface area contributed by atoms with Gasteiger partial charge in [-0.1, -0.05) is 13.3 Å². The summed E-state index contributed by atoms with van der Waals surface area (Å²) in [6.45, 7) is 8.42. The van der Waals surface area contributed by atoms with Crippen LogP contribution in [-0.4, -0.2) is 13.8 Å². The lowest BCUT2D eigenvalue weighted by Gasteiger charge is -2.23. The van der Waals surface area contributed by atoms with Crippen molar-refractivity contribution in [3.8, 4) is 0 Å². The second-order valence-corrected chi connectivity index (χ2v) is 6.92. The average Bonchev–Trinajstić information content (AvgIpc) is 1.59. The molecule has 0 aromatic rings. The van der Waals surface area contributed by atoms with Crippen LogP contribution in [0.3, 0.4) is 0 Å². The Labute approximate surface area is 70.9 Å². The van der Waals surface area contributed by atoms with Crippen LogP contribution in [0.4, 0.5) is 0 Å². The molecule has 1 atom stereocenters. The lowest BCUT2D eigenvalue weighted by Crippen LogP contribution is -2.26. The molecule has 0 aliphatic rings. The van der Waals surface area contributed by atoms with Crippen LogP contribution in [0.25, 0.3) is 0 Å². The van der Waals surface area contributed by atoms with E-state index in [4.69, 9.17) is 4.43 Å². The lowest BCUT2D eigenvalue weighted by molar-refractivity contribution is 0.135. The second kappa shape index (κ2) is 4.41. The Morgan fingerprint density at radius 1 is 1.40 bits per heavy atom. The van der Waals surface area contributed by atoms with Gasteiger partial charge in [-0.15, -0.1) is 0 Å². The molecule has 0 rings (SSSR count). The summed E-state index contributed by atoms with van der Waals surface area (Å²) in [5.74, 6) is 0. The van der Waals surface area contributed by atoms with Gasteiger partial charge in [0, 0.05) is 5.60 Å². The summed E-state index contributed by atoms with van der Waals surface area (Å²) in [6, 6.07) is 1.17. The fraction of sp³-hybridized carbons (Fsp3) is 1.00. The fourth-order valence-electron chi connectivity index (χ4n) is 0.714. The summed E-state index contributed by atoms with van der Waals surface area (Å²) in [4.78, 5) is 0. The summed E-state index contributed by atoms with van der Waals surface area (Å²) in [5, 5.41) is 0. The van der Waals surface area contributed by atoms with Crippen LogP contribution in [0.15, 0.2) is 0 Å². The average molecular weight is 178 g/mol. The minimum absolute atomic E-state index is 0.00775. The minimum atomic E-state index is -1.13. The SMILES string of the molecule is CCC[SiH](S)OC(C)(C)C. The number of rotatable bonds is 3. The van der Waals surface area contributed by atoms with E-state index in [9.17, 15) is 0 Å². The molecule has 10 heavy (non-hydrogen) atoms. The van der Waals surface area contributed by atoms with Crippen LogP contribution < -0.4 is 0 Å². The van der Waals surface area contributed by atoms with Gasteiger partial charge in [0.15, 0.2) is 0 Å². The molecule has 62 valence electrons. The standard InChI is InChI=1S/C7H18OSSi/c1-5-6-10(9)8-7(2,3)4/h9-10H,5-6H2,1-4H3. The first-order chi connectivity index (χ1) is 4.45. The molecule has 0 aliphatic carbocycles. The fourth-order valence-corrected chi connectivity index (χ4v) is 3.87. The molecule has 0 spiro atoms. The van der Waals surface area contributed by atoms with Crippen molar-refractivity contribution in [1.29, 1.82) is 0 Å². The van der Waals surface area contributed by atoms with E-state index in [1.165, 1.54) is 12.5 Å². The van der Waals surface area contributed by atoms with Crippen molar-refractivity contribution in [1.82, 2.24) is 0 Å². The molecule has 0 aromatic heterocycles. The van der Waals surface area contributed by atoms with Crippen molar-refractivity contribution >= 4 is 20.3 Å². The third kappa shape index (κ3) is 6.64. The second-order valence-electron chi connectivity index (χ2n) is 3.47. The van der Waals surface area contributed by atoms with Gasteiger partial charge >= 0.3 is 0 Å². The van der Waals surface area contributed by atoms with E-state index in [0.29, 0.717) is 0 Å². The molecule has 0 fully saturated rings. The first kappa shape index (κ1) is 10.5. The highest BCUT2D eigenvalue weighted by Gasteiger charge is 2.15. The topological polar surface area (TPSA) is 9.23 Å².